The van der Waals surface area contributed by atoms with Gasteiger partial charge in [0.2, 0.25) is 5.91 Å². The van der Waals surface area contributed by atoms with Crippen LogP contribution < -0.4 is 20.5 Å². The van der Waals surface area contributed by atoms with Gasteiger partial charge in [0.25, 0.3) is 5.91 Å². The Labute approximate surface area is 156 Å². The van der Waals surface area contributed by atoms with Crippen LogP contribution in [0.2, 0.25) is 5.02 Å². The third kappa shape index (κ3) is 5.53. The number of amides is 2. The average molecular weight is 375 g/mol. The Bertz CT molecular complexity index is 849. The van der Waals surface area contributed by atoms with E-state index in [0.29, 0.717) is 22.2 Å². The summed E-state index contributed by atoms with van der Waals surface area (Å²) in [5, 5.41) is 3.32. The summed E-state index contributed by atoms with van der Waals surface area (Å²) < 4.78 is 10.5. The van der Waals surface area contributed by atoms with Crippen molar-refractivity contribution < 1.29 is 19.1 Å². The van der Waals surface area contributed by atoms with Gasteiger partial charge in [-0.05, 0) is 48.4 Å². The molecule has 2 aromatic rings. The maximum atomic E-state index is 12.1. The van der Waals surface area contributed by atoms with Gasteiger partial charge in [0, 0.05) is 16.8 Å². The molecule has 0 aliphatic rings. The number of anilines is 1. The Morgan fingerprint density at radius 3 is 2.65 bits per heavy atom. The van der Waals surface area contributed by atoms with E-state index in [4.69, 9.17) is 26.8 Å². The van der Waals surface area contributed by atoms with Gasteiger partial charge in [-0.1, -0.05) is 23.7 Å². The van der Waals surface area contributed by atoms with Gasteiger partial charge in [-0.25, -0.2) is 0 Å². The molecule has 0 saturated carbocycles. The van der Waals surface area contributed by atoms with Crippen molar-refractivity contribution in [3.8, 4) is 11.5 Å². The van der Waals surface area contributed by atoms with Crippen molar-refractivity contribution in [2.45, 2.75) is 6.92 Å². The minimum atomic E-state index is -0.580. The van der Waals surface area contributed by atoms with Crippen LogP contribution in [0.15, 0.2) is 42.5 Å². The van der Waals surface area contributed by atoms with E-state index in [-0.39, 0.29) is 12.5 Å². The summed E-state index contributed by atoms with van der Waals surface area (Å²) in [6.07, 6.45) is 3.04. The molecule has 136 valence electrons. The van der Waals surface area contributed by atoms with Crippen LogP contribution in [-0.2, 0) is 9.59 Å². The fourth-order valence-electron chi connectivity index (χ4n) is 2.13. The van der Waals surface area contributed by atoms with Crippen LogP contribution in [-0.4, -0.2) is 25.5 Å². The van der Waals surface area contributed by atoms with E-state index in [1.54, 1.807) is 36.4 Å². The van der Waals surface area contributed by atoms with Crippen LogP contribution in [0, 0.1) is 6.92 Å². The second-order valence-corrected chi connectivity index (χ2v) is 5.88. The monoisotopic (exact) mass is 374 g/mol. The zero-order valence-electron chi connectivity index (χ0n) is 14.4. The topological polar surface area (TPSA) is 90.7 Å². The van der Waals surface area contributed by atoms with Crippen LogP contribution in [0.3, 0.4) is 0 Å². The van der Waals surface area contributed by atoms with Gasteiger partial charge >= 0.3 is 0 Å². The summed E-state index contributed by atoms with van der Waals surface area (Å²) in [6, 6.07) is 10.3. The number of ether oxygens (including phenoxy) is 2. The molecule has 0 aliphatic heterocycles. The highest BCUT2D eigenvalue weighted by molar-refractivity contribution is 6.31. The van der Waals surface area contributed by atoms with Crippen LogP contribution in [0.1, 0.15) is 11.1 Å². The molecule has 2 rings (SSSR count). The number of hydrogen-bond donors (Lipinski definition) is 2. The number of methoxy groups -OCH3 is 1. The average Bonchev–Trinajstić information content (AvgIpc) is 2.61. The van der Waals surface area contributed by atoms with E-state index in [2.05, 4.69) is 5.32 Å². The van der Waals surface area contributed by atoms with Gasteiger partial charge in [0.15, 0.2) is 18.1 Å². The van der Waals surface area contributed by atoms with Crippen molar-refractivity contribution in [1.29, 1.82) is 0 Å². The molecular weight excluding hydrogens is 356 g/mol. The van der Waals surface area contributed by atoms with Gasteiger partial charge in [0.1, 0.15) is 0 Å². The predicted molar refractivity (Wildman–Crippen MR) is 102 cm³/mol. The molecule has 7 heteroatoms. The number of nitrogens with two attached hydrogens (primary N) is 1. The predicted octanol–water partition coefficient (Wildman–Crippen LogP) is 3.17. The third-order valence-electron chi connectivity index (χ3n) is 3.44. The van der Waals surface area contributed by atoms with Crippen LogP contribution >= 0.6 is 11.6 Å². The molecule has 0 aromatic heterocycles. The molecule has 2 amide bonds. The maximum Gasteiger partial charge on any atom is 0.255 e. The maximum absolute atomic E-state index is 12.1. The van der Waals surface area contributed by atoms with E-state index in [1.807, 2.05) is 13.0 Å². The molecule has 2 aromatic carbocycles. The summed E-state index contributed by atoms with van der Waals surface area (Å²) in [7, 11) is 1.48. The lowest BCUT2D eigenvalue weighted by Crippen LogP contribution is -2.20. The number of nitrogens with one attached hydrogen (secondary N) is 1. The summed E-state index contributed by atoms with van der Waals surface area (Å²) in [6.45, 7) is 1.64. The Kier molecular flexibility index (Phi) is 6.63. The zero-order valence-corrected chi connectivity index (χ0v) is 15.2. The number of carbonyl (C=O) groups excluding carboxylic acids is 2. The molecule has 0 radical (unpaired) electrons. The number of rotatable bonds is 7. The Morgan fingerprint density at radius 1 is 1.19 bits per heavy atom. The van der Waals surface area contributed by atoms with Crippen molar-refractivity contribution in [1.82, 2.24) is 0 Å². The van der Waals surface area contributed by atoms with E-state index in [1.165, 1.54) is 13.2 Å². The lowest BCUT2D eigenvalue weighted by molar-refractivity contribution is -0.120. The number of halogens is 1. The third-order valence-corrected chi connectivity index (χ3v) is 3.68. The highest BCUT2D eigenvalue weighted by Gasteiger charge is 2.07. The first-order valence-corrected chi connectivity index (χ1v) is 8.11. The second kappa shape index (κ2) is 8.92. The molecule has 0 atom stereocenters. The van der Waals surface area contributed by atoms with Gasteiger partial charge in [0.05, 0.1) is 7.11 Å². The summed E-state index contributed by atoms with van der Waals surface area (Å²) in [5.74, 6) is -0.0469. The van der Waals surface area contributed by atoms with Gasteiger partial charge in [-0.15, -0.1) is 0 Å². The Hall–Kier alpha value is -2.99. The smallest absolute Gasteiger partial charge is 0.255 e. The number of primary amides is 1. The molecule has 26 heavy (non-hydrogen) atoms. The first-order valence-electron chi connectivity index (χ1n) is 7.73. The SMILES string of the molecule is COc1cc(/C=C/C(=O)Nc2cc(Cl)ccc2C)ccc1OCC(N)=O. The quantitative estimate of drug-likeness (QED) is 0.728. The minimum absolute atomic E-state index is 0.243. The van der Waals surface area contributed by atoms with Crippen molar-refractivity contribution in [3.63, 3.8) is 0 Å². The van der Waals surface area contributed by atoms with E-state index in [9.17, 15) is 9.59 Å². The van der Waals surface area contributed by atoms with Crippen LogP contribution in [0.4, 0.5) is 5.69 Å². The van der Waals surface area contributed by atoms with Gasteiger partial charge < -0.3 is 20.5 Å². The number of benzene rings is 2. The van der Waals surface area contributed by atoms with Crippen molar-refractivity contribution >= 4 is 35.2 Å². The van der Waals surface area contributed by atoms with Crippen LogP contribution in [0.5, 0.6) is 11.5 Å². The highest BCUT2D eigenvalue weighted by atomic mass is 35.5. The Morgan fingerprint density at radius 2 is 1.96 bits per heavy atom. The molecule has 0 saturated heterocycles. The molecule has 0 unspecified atom stereocenters. The molecule has 0 spiro atoms. The van der Waals surface area contributed by atoms with Crippen molar-refractivity contribution in [3.05, 3.63) is 58.6 Å². The summed E-state index contributed by atoms with van der Waals surface area (Å²) in [4.78, 5) is 22.9. The van der Waals surface area contributed by atoms with Gasteiger partial charge in [-0.2, -0.15) is 0 Å². The molecule has 6 nitrogen and oxygen atoms in total. The summed E-state index contributed by atoms with van der Waals surface area (Å²) >= 11 is 5.94. The van der Waals surface area contributed by atoms with E-state index in [0.717, 1.165) is 11.1 Å². The lowest BCUT2D eigenvalue weighted by Gasteiger charge is -2.10. The molecule has 0 fully saturated rings. The lowest BCUT2D eigenvalue weighted by atomic mass is 10.1. The van der Waals surface area contributed by atoms with Crippen molar-refractivity contribution in [2.24, 2.45) is 5.73 Å². The number of hydrogen-bond acceptors (Lipinski definition) is 4. The normalized spacial score (nSPS) is 10.6. The van der Waals surface area contributed by atoms with Gasteiger partial charge in [-0.3, -0.25) is 9.59 Å². The number of aryl methyl sites for hydroxylation is 1. The Balaban J connectivity index is 2.08. The molecule has 0 aliphatic carbocycles. The highest BCUT2D eigenvalue weighted by Crippen LogP contribution is 2.28. The fraction of sp³-hybridized carbons (Fsp3) is 0.158. The fourth-order valence-corrected chi connectivity index (χ4v) is 2.30. The first-order chi connectivity index (χ1) is 12.4. The molecule has 0 bridgehead atoms. The second-order valence-electron chi connectivity index (χ2n) is 5.45. The van der Waals surface area contributed by atoms with E-state index < -0.39 is 5.91 Å². The zero-order chi connectivity index (χ0) is 19.1. The minimum Gasteiger partial charge on any atom is -0.493 e. The summed E-state index contributed by atoms with van der Waals surface area (Å²) in [5.41, 5.74) is 7.35. The number of carbonyl (C=O) groups is 2. The molecule has 0 heterocycles. The first kappa shape index (κ1) is 19.3. The standard InChI is InChI=1S/C19H19ClN2O4/c1-12-3-6-14(20)10-15(12)22-19(24)8-5-13-4-7-16(17(9-13)25-2)26-11-18(21)23/h3-10H,11H2,1-2H3,(H2,21,23)(H,22,24)/b8-5+. The molecule has 3 N–H and O–H groups in total. The largest absolute Gasteiger partial charge is 0.493 e. The van der Waals surface area contributed by atoms with Crippen LogP contribution in [0.25, 0.3) is 6.08 Å². The van der Waals surface area contributed by atoms with E-state index >= 15 is 0 Å². The van der Waals surface area contributed by atoms with Crippen molar-refractivity contribution in [2.75, 3.05) is 19.0 Å². The molecular formula is C19H19ClN2O4.